The molecule has 0 saturated carbocycles. The van der Waals surface area contributed by atoms with Gasteiger partial charge in [-0.05, 0) is 0 Å². The van der Waals surface area contributed by atoms with Gasteiger partial charge in [-0.3, -0.25) is 0 Å². The van der Waals surface area contributed by atoms with Crippen LogP contribution in [0.4, 0.5) is 0 Å². The molecule has 121 valence electrons. The molecule has 0 radical (unpaired) electrons. The van der Waals surface area contributed by atoms with Gasteiger partial charge in [0, 0.05) is 0 Å². The number of rotatable bonds is 3. The van der Waals surface area contributed by atoms with Gasteiger partial charge in [0.25, 0.3) is 0 Å². The summed E-state index contributed by atoms with van der Waals surface area (Å²) in [5.41, 5.74) is -0.645. The van der Waals surface area contributed by atoms with E-state index in [0.29, 0.717) is 0 Å². The molecule has 1 aliphatic carbocycles. The topological polar surface area (TPSA) is 0 Å². The van der Waals surface area contributed by atoms with Crippen LogP contribution in [-0.2, 0) is 18.6 Å². The van der Waals surface area contributed by atoms with Gasteiger partial charge in [0.05, 0.1) is 0 Å². The van der Waals surface area contributed by atoms with E-state index in [0.717, 1.165) is 0 Å². The third-order valence-electron chi connectivity index (χ3n) is 4.32. The number of hydrogen-bond acceptors (Lipinski definition) is 0. The zero-order valence-corrected chi connectivity index (χ0v) is 19.8. The Labute approximate surface area is 156 Å². The molecule has 0 unspecified atom stereocenters. The Morgan fingerprint density at radius 2 is 1.26 bits per heavy atom. The molecular formula is C19H23Cl2HfSi. The maximum atomic E-state index is 2.64. The summed E-state index contributed by atoms with van der Waals surface area (Å²) < 4.78 is 7.06. The van der Waals surface area contributed by atoms with Crippen molar-refractivity contribution in [1.82, 2.24) is 0 Å². The van der Waals surface area contributed by atoms with Crippen LogP contribution in [0.5, 0.6) is 0 Å². The van der Waals surface area contributed by atoms with Gasteiger partial charge in [0.15, 0.2) is 0 Å². The molecular weight excluding hydrogens is 506 g/mol. The van der Waals surface area contributed by atoms with Crippen LogP contribution in [-0.4, -0.2) is 5.49 Å². The molecule has 0 nitrogen and oxygen atoms in total. The van der Waals surface area contributed by atoms with E-state index in [-0.39, 0.29) is 24.8 Å². The Morgan fingerprint density at radius 1 is 0.783 bits per heavy atom. The van der Waals surface area contributed by atoms with E-state index in [1.807, 2.05) is 0 Å². The zero-order chi connectivity index (χ0) is 14.7. The van der Waals surface area contributed by atoms with Crippen molar-refractivity contribution in [1.29, 1.82) is 0 Å². The first-order valence-corrected chi connectivity index (χ1v) is 23.4. The average Bonchev–Trinajstić information content (AvgIpc) is 3.04. The molecule has 0 saturated heterocycles. The van der Waals surface area contributed by atoms with Gasteiger partial charge in [-0.1, -0.05) is 0 Å². The first kappa shape index (κ1) is 20.6. The van der Waals surface area contributed by atoms with Crippen LogP contribution in [0.25, 0.3) is 0 Å². The molecule has 0 N–H and O–H groups in total. The second-order valence-corrected chi connectivity index (χ2v) is 37.6. The van der Waals surface area contributed by atoms with Gasteiger partial charge in [-0.2, -0.15) is 0 Å². The molecule has 0 bridgehead atoms. The van der Waals surface area contributed by atoms with Crippen LogP contribution in [0.1, 0.15) is 6.42 Å². The second-order valence-electron chi connectivity index (χ2n) is 6.06. The van der Waals surface area contributed by atoms with Crippen molar-refractivity contribution < 1.29 is 18.6 Å². The molecule has 2 aromatic rings. The Bertz CT molecular complexity index is 702. The van der Waals surface area contributed by atoms with E-state index in [4.69, 9.17) is 0 Å². The normalized spacial score (nSPS) is 12.9. The number of benzene rings is 2. The average molecular weight is 529 g/mol. The number of hydrogen-bond donors (Lipinski definition) is 0. The van der Waals surface area contributed by atoms with Crippen molar-refractivity contribution in [3.8, 4) is 0 Å². The molecule has 0 fully saturated rings. The predicted molar refractivity (Wildman–Crippen MR) is 106 cm³/mol. The molecule has 3 rings (SSSR count). The van der Waals surface area contributed by atoms with E-state index in [9.17, 15) is 0 Å². The molecule has 0 amide bonds. The van der Waals surface area contributed by atoms with Crippen molar-refractivity contribution in [2.24, 2.45) is 0 Å². The SMILES string of the molecule is Cl.Cl.[CH3][Hf]([CH3])([C]1=CC=CC1)=[Si](c1ccccc1)c1ccccc1. The minimum atomic E-state index is -2.49. The van der Waals surface area contributed by atoms with Gasteiger partial charge in [-0.25, -0.2) is 0 Å². The Balaban J connectivity index is 0.00000132. The van der Waals surface area contributed by atoms with Crippen LogP contribution >= 0.6 is 24.8 Å². The van der Waals surface area contributed by atoms with E-state index < -0.39 is 24.1 Å². The minimum absolute atomic E-state index is 0. The fraction of sp³-hybridized carbons (Fsp3) is 0.158. The first-order chi connectivity index (χ1) is 10.2. The fourth-order valence-electron chi connectivity index (χ4n) is 3.17. The van der Waals surface area contributed by atoms with Crippen LogP contribution in [0.3, 0.4) is 0 Å². The van der Waals surface area contributed by atoms with E-state index >= 15 is 0 Å². The van der Waals surface area contributed by atoms with Crippen molar-refractivity contribution in [2.45, 2.75) is 15.8 Å². The van der Waals surface area contributed by atoms with Crippen molar-refractivity contribution in [3.05, 3.63) is 82.2 Å². The van der Waals surface area contributed by atoms with E-state index in [1.54, 1.807) is 13.7 Å². The summed E-state index contributed by atoms with van der Waals surface area (Å²) in [6, 6.07) is 22.5. The molecule has 0 heterocycles. The fourth-order valence-corrected chi connectivity index (χ4v) is 34.5. The summed E-state index contributed by atoms with van der Waals surface area (Å²) in [5.74, 6) is 0. The summed E-state index contributed by atoms with van der Waals surface area (Å²) >= 11 is -2.49. The van der Waals surface area contributed by atoms with Crippen molar-refractivity contribution in [3.63, 3.8) is 0 Å². The summed E-state index contributed by atoms with van der Waals surface area (Å²) in [6.07, 6.45) is 8.19. The van der Waals surface area contributed by atoms with Gasteiger partial charge in [0.1, 0.15) is 0 Å². The number of allylic oxidation sites excluding steroid dienone is 4. The van der Waals surface area contributed by atoms with Gasteiger partial charge in [0.2, 0.25) is 0 Å². The summed E-state index contributed by atoms with van der Waals surface area (Å²) in [7, 11) is 0. The first-order valence-electron chi connectivity index (χ1n) is 7.54. The van der Waals surface area contributed by atoms with Crippen LogP contribution in [0, 0.1) is 0 Å². The van der Waals surface area contributed by atoms with Crippen LogP contribution in [0.15, 0.2) is 82.2 Å². The molecule has 0 atom stereocenters. The summed E-state index contributed by atoms with van der Waals surface area (Å²) in [4.78, 5) is 0. The molecule has 0 spiro atoms. The molecule has 4 heteroatoms. The van der Waals surface area contributed by atoms with Gasteiger partial charge >= 0.3 is 132 Å². The Kier molecular flexibility index (Phi) is 8.23. The standard InChI is InChI=1S/C12H10Si.C5H5.2CH3.2ClH.Hf/c1-3-7-11(8-4-1)13-12-9-5-2-6-10-12;1-2-4-5-3-1;;;;;/h1-10H;1-3H,4H2;2*1H3;2*1H;. The van der Waals surface area contributed by atoms with Crippen LogP contribution < -0.4 is 10.4 Å². The van der Waals surface area contributed by atoms with E-state index in [1.165, 1.54) is 6.42 Å². The Morgan fingerprint density at radius 3 is 1.65 bits per heavy atom. The zero-order valence-electron chi connectivity index (χ0n) is 13.5. The third-order valence-corrected chi connectivity index (χ3v) is 36.8. The number of halogens is 2. The molecule has 0 aromatic heterocycles. The Hall–Kier alpha value is -0.413. The maximum absolute atomic E-state index is 2.64. The van der Waals surface area contributed by atoms with Gasteiger partial charge in [-0.15, -0.1) is 24.8 Å². The summed E-state index contributed by atoms with van der Waals surface area (Å²) in [6.45, 7) is 0. The van der Waals surface area contributed by atoms with Crippen LogP contribution in [0.2, 0.25) is 9.36 Å². The van der Waals surface area contributed by atoms with Crippen molar-refractivity contribution in [2.75, 3.05) is 0 Å². The molecule has 0 aliphatic heterocycles. The van der Waals surface area contributed by atoms with Crippen molar-refractivity contribution >= 4 is 40.7 Å². The predicted octanol–water partition coefficient (Wildman–Crippen LogP) is 4.73. The third kappa shape index (κ3) is 4.57. The summed E-state index contributed by atoms with van der Waals surface area (Å²) in [5, 5.41) is 3.18. The second kappa shape index (κ2) is 9.17. The monoisotopic (exact) mass is 529 g/mol. The van der Waals surface area contributed by atoms with E-state index in [2.05, 4.69) is 88.3 Å². The molecule has 1 aliphatic rings. The van der Waals surface area contributed by atoms with Gasteiger partial charge < -0.3 is 0 Å². The molecule has 2 aromatic carbocycles. The quantitative estimate of drug-likeness (QED) is 0.506. The molecule has 23 heavy (non-hydrogen) atoms.